The van der Waals surface area contributed by atoms with Gasteiger partial charge in [-0.15, -0.1) is 11.8 Å². The Morgan fingerprint density at radius 3 is 2.90 bits per heavy atom. The third-order valence-electron chi connectivity index (χ3n) is 3.39. The summed E-state index contributed by atoms with van der Waals surface area (Å²) < 4.78 is 12.5. The van der Waals surface area contributed by atoms with Crippen molar-refractivity contribution in [3.05, 3.63) is 53.1 Å². The zero-order chi connectivity index (χ0) is 14.1. The minimum atomic E-state index is -1.05. The summed E-state index contributed by atoms with van der Waals surface area (Å²) in [4.78, 5) is 2.06. The summed E-state index contributed by atoms with van der Waals surface area (Å²) in [5.74, 6) is 1.96. The molecule has 0 bridgehead atoms. The van der Waals surface area contributed by atoms with Crippen molar-refractivity contribution in [2.45, 2.75) is 15.7 Å². The molecule has 0 saturated carbocycles. The van der Waals surface area contributed by atoms with Gasteiger partial charge in [-0.3, -0.25) is 4.21 Å². The van der Waals surface area contributed by atoms with Gasteiger partial charge >= 0.3 is 0 Å². The summed E-state index contributed by atoms with van der Waals surface area (Å²) in [6, 6.07) is 13.6. The second kappa shape index (κ2) is 5.80. The Balaban J connectivity index is 1.79. The van der Waals surface area contributed by atoms with Gasteiger partial charge in [-0.05, 0) is 29.8 Å². The number of rotatable bonds is 3. The Labute approximate surface area is 130 Å². The lowest BCUT2D eigenvalue weighted by atomic mass is 10.0. The van der Waals surface area contributed by atoms with E-state index in [9.17, 15) is 4.21 Å². The number of hydrogen-bond acceptors (Lipinski definition) is 3. The number of thioether (sulfide) groups is 1. The second-order valence-corrected chi connectivity index (χ2v) is 7.71. The van der Waals surface area contributed by atoms with E-state index in [2.05, 4.69) is 12.1 Å². The highest BCUT2D eigenvalue weighted by atomic mass is 35.5. The lowest BCUT2D eigenvalue weighted by molar-refractivity contribution is 0.678. The number of nitrogen functional groups attached to an aromatic ring is 1. The van der Waals surface area contributed by atoms with Crippen molar-refractivity contribution in [3.8, 4) is 0 Å². The Morgan fingerprint density at radius 2 is 2.10 bits per heavy atom. The smallest absolute Gasteiger partial charge is 0.0647 e. The zero-order valence-electron chi connectivity index (χ0n) is 10.7. The lowest BCUT2D eigenvalue weighted by Gasteiger charge is -2.11. The van der Waals surface area contributed by atoms with Gasteiger partial charge in [-0.25, -0.2) is 0 Å². The summed E-state index contributed by atoms with van der Waals surface area (Å²) in [5.41, 5.74) is 7.52. The Hall–Kier alpha value is -0.970. The number of halogens is 1. The van der Waals surface area contributed by atoms with Gasteiger partial charge in [0.05, 0.1) is 21.5 Å². The molecule has 2 unspecified atom stereocenters. The molecule has 2 N–H and O–H groups in total. The lowest BCUT2D eigenvalue weighted by Crippen LogP contribution is -2.09. The van der Waals surface area contributed by atoms with Crippen LogP contribution < -0.4 is 5.73 Å². The number of anilines is 1. The first-order chi connectivity index (χ1) is 9.65. The van der Waals surface area contributed by atoms with Crippen molar-refractivity contribution < 1.29 is 4.21 Å². The van der Waals surface area contributed by atoms with Gasteiger partial charge < -0.3 is 5.73 Å². The topological polar surface area (TPSA) is 43.1 Å². The molecule has 3 rings (SSSR count). The molecule has 2 atom stereocenters. The van der Waals surface area contributed by atoms with E-state index in [1.165, 1.54) is 10.5 Å². The minimum absolute atomic E-state index is 0.341. The summed E-state index contributed by atoms with van der Waals surface area (Å²) in [7, 11) is -1.05. The predicted octanol–water partition coefficient (Wildman–Crippen LogP) is 3.92. The van der Waals surface area contributed by atoms with Gasteiger partial charge in [0.25, 0.3) is 0 Å². The first-order valence-electron chi connectivity index (χ1n) is 6.30. The fraction of sp³-hybridized carbons (Fsp3) is 0.200. The molecule has 2 aromatic rings. The van der Waals surface area contributed by atoms with E-state index < -0.39 is 10.8 Å². The number of hydrogen-bond donors (Lipinski definition) is 1. The predicted molar refractivity (Wildman–Crippen MR) is 87.0 cm³/mol. The summed E-state index contributed by atoms with van der Waals surface area (Å²) in [6.07, 6.45) is 0. The molecule has 1 aliphatic rings. The maximum absolute atomic E-state index is 12.5. The van der Waals surface area contributed by atoms with E-state index in [1.807, 2.05) is 23.9 Å². The molecule has 0 spiro atoms. The van der Waals surface area contributed by atoms with E-state index in [1.54, 1.807) is 18.2 Å². The van der Waals surface area contributed by atoms with E-state index in [-0.39, 0.29) is 0 Å². The number of fused-ring (bicyclic) bond motifs is 1. The molecular weight excluding hydrogens is 310 g/mol. The van der Waals surface area contributed by atoms with Gasteiger partial charge in [-0.2, -0.15) is 0 Å². The number of benzene rings is 2. The number of nitrogens with two attached hydrogens (primary N) is 1. The van der Waals surface area contributed by atoms with E-state index in [0.717, 1.165) is 10.6 Å². The highest BCUT2D eigenvalue weighted by Gasteiger charge is 2.25. The van der Waals surface area contributed by atoms with Gasteiger partial charge in [0.15, 0.2) is 0 Å². The third kappa shape index (κ3) is 2.73. The van der Waals surface area contributed by atoms with Crippen molar-refractivity contribution in [1.29, 1.82) is 0 Å². The van der Waals surface area contributed by atoms with Gasteiger partial charge in [0.2, 0.25) is 0 Å². The third-order valence-corrected chi connectivity index (χ3v) is 6.45. The molecule has 104 valence electrons. The van der Waals surface area contributed by atoms with Crippen LogP contribution in [-0.2, 0) is 10.8 Å². The van der Waals surface area contributed by atoms with Crippen LogP contribution in [0.2, 0.25) is 5.02 Å². The highest BCUT2D eigenvalue weighted by Crippen LogP contribution is 2.40. The van der Waals surface area contributed by atoms with Crippen molar-refractivity contribution in [2.75, 3.05) is 17.2 Å². The van der Waals surface area contributed by atoms with Crippen LogP contribution in [0.25, 0.3) is 0 Å². The van der Waals surface area contributed by atoms with E-state index >= 15 is 0 Å². The van der Waals surface area contributed by atoms with Crippen LogP contribution in [0.15, 0.2) is 52.3 Å². The maximum atomic E-state index is 12.5. The summed E-state index contributed by atoms with van der Waals surface area (Å²) >= 11 is 7.83. The molecule has 0 aromatic heterocycles. The first-order valence-corrected chi connectivity index (χ1v) is 8.98. The maximum Gasteiger partial charge on any atom is 0.0647 e. The highest BCUT2D eigenvalue weighted by molar-refractivity contribution is 7.99. The molecule has 20 heavy (non-hydrogen) atoms. The largest absolute Gasteiger partial charge is 0.398 e. The Morgan fingerprint density at radius 1 is 1.30 bits per heavy atom. The molecule has 0 aliphatic carbocycles. The second-order valence-electron chi connectivity index (χ2n) is 4.74. The summed E-state index contributed by atoms with van der Waals surface area (Å²) in [6.45, 7) is 0. The average Bonchev–Trinajstić information content (AvgIpc) is 2.85. The standard InChI is InChI=1S/C15H14ClNOS2/c16-13-7-11(5-6-14(13)17)20(18)9-10-8-19-15-4-2-1-3-12(10)15/h1-7,10H,8-9,17H2. The van der Waals surface area contributed by atoms with Crippen LogP contribution in [-0.4, -0.2) is 15.7 Å². The van der Waals surface area contributed by atoms with Crippen molar-refractivity contribution >= 4 is 39.8 Å². The van der Waals surface area contributed by atoms with Crippen LogP contribution >= 0.6 is 23.4 Å². The molecular formula is C15H14ClNOS2. The van der Waals surface area contributed by atoms with Crippen LogP contribution in [0.1, 0.15) is 11.5 Å². The van der Waals surface area contributed by atoms with Crippen LogP contribution in [0.5, 0.6) is 0 Å². The Bertz CT molecular complexity index is 675. The van der Waals surface area contributed by atoms with Crippen LogP contribution in [0.4, 0.5) is 5.69 Å². The molecule has 1 heterocycles. The molecule has 0 fully saturated rings. The fourth-order valence-electron chi connectivity index (χ4n) is 2.30. The molecule has 2 nitrogen and oxygen atoms in total. The van der Waals surface area contributed by atoms with Crippen LogP contribution in [0, 0.1) is 0 Å². The molecule has 1 aliphatic heterocycles. The molecule has 0 radical (unpaired) electrons. The quantitative estimate of drug-likeness (QED) is 0.871. The Kier molecular flexibility index (Phi) is 4.06. The average molecular weight is 324 g/mol. The van der Waals surface area contributed by atoms with Gasteiger partial charge in [0, 0.05) is 27.2 Å². The van der Waals surface area contributed by atoms with Crippen molar-refractivity contribution in [1.82, 2.24) is 0 Å². The summed E-state index contributed by atoms with van der Waals surface area (Å²) in [5, 5.41) is 0.469. The van der Waals surface area contributed by atoms with Crippen LogP contribution in [0.3, 0.4) is 0 Å². The fourth-order valence-corrected chi connectivity index (χ4v) is 5.27. The molecule has 0 amide bonds. The van der Waals surface area contributed by atoms with E-state index in [4.69, 9.17) is 17.3 Å². The molecule has 5 heteroatoms. The van der Waals surface area contributed by atoms with Crippen molar-refractivity contribution in [3.63, 3.8) is 0 Å². The monoisotopic (exact) mass is 323 g/mol. The van der Waals surface area contributed by atoms with Crippen molar-refractivity contribution in [2.24, 2.45) is 0 Å². The SMILES string of the molecule is Nc1ccc(S(=O)CC2CSc3ccccc32)cc1Cl. The zero-order valence-corrected chi connectivity index (χ0v) is 13.1. The normalized spacial score (nSPS) is 18.8. The van der Waals surface area contributed by atoms with Gasteiger partial charge in [0.1, 0.15) is 0 Å². The molecule has 0 saturated heterocycles. The van der Waals surface area contributed by atoms with Gasteiger partial charge in [-0.1, -0.05) is 29.8 Å². The van der Waals surface area contributed by atoms with E-state index in [0.29, 0.717) is 22.4 Å². The first kappa shape index (κ1) is 14.0. The molecule has 2 aromatic carbocycles. The minimum Gasteiger partial charge on any atom is -0.398 e.